The number of ketones is 1. The third-order valence-electron chi connectivity index (χ3n) is 11.8. The molecule has 1 spiro atoms. The summed E-state index contributed by atoms with van der Waals surface area (Å²) in [6, 6.07) is 13.0. The number of methoxy groups -OCH3 is 2. The molecule has 0 saturated heterocycles. The molecule has 1 saturated carbocycles. The van der Waals surface area contributed by atoms with Crippen molar-refractivity contribution < 1.29 is 32.8 Å². The van der Waals surface area contributed by atoms with E-state index in [1.807, 2.05) is 37.3 Å². The lowest BCUT2D eigenvalue weighted by atomic mass is 9.68. The summed E-state index contributed by atoms with van der Waals surface area (Å²) in [6.07, 6.45) is 10.6. The first-order chi connectivity index (χ1) is 25.4. The number of carbonyl (C=O) groups is 3. The second kappa shape index (κ2) is 15.2. The van der Waals surface area contributed by atoms with Crippen LogP contribution in [-0.4, -0.2) is 84.4 Å². The number of hydrogen-bond acceptors (Lipinski definition) is 8. The van der Waals surface area contributed by atoms with E-state index in [4.69, 9.17) is 25.8 Å². The van der Waals surface area contributed by atoms with Gasteiger partial charge in [0.25, 0.3) is 5.91 Å². The maximum absolute atomic E-state index is 14.8. The van der Waals surface area contributed by atoms with Crippen LogP contribution in [0.4, 0.5) is 5.69 Å². The lowest BCUT2D eigenvalue weighted by molar-refractivity contribution is 0.0120. The summed E-state index contributed by atoms with van der Waals surface area (Å²) in [4.78, 5) is 41.6. The van der Waals surface area contributed by atoms with Gasteiger partial charge in [-0.15, -0.1) is 0 Å². The van der Waals surface area contributed by atoms with Crippen LogP contribution in [0.5, 0.6) is 5.75 Å². The number of aromatic nitrogens is 1. The molecule has 2 bridgehead atoms. The molecular formula is C41H48ClN3O7S. The monoisotopic (exact) mass is 761 g/mol. The first-order valence-corrected chi connectivity index (χ1v) is 20.6. The molecule has 1 amide bonds. The van der Waals surface area contributed by atoms with Crippen LogP contribution in [-0.2, 0) is 38.1 Å². The lowest BCUT2D eigenvalue weighted by Gasteiger charge is -2.46. The zero-order valence-electron chi connectivity index (χ0n) is 30.8. The van der Waals surface area contributed by atoms with Gasteiger partial charge in [0, 0.05) is 67.9 Å². The molecule has 3 heterocycles. The molecule has 4 aliphatic rings. The molecule has 2 aromatic carbocycles. The third-order valence-corrected chi connectivity index (χ3v) is 14.3. The molecule has 0 radical (unpaired) electrons. The van der Waals surface area contributed by atoms with Crippen molar-refractivity contribution in [1.82, 2.24) is 4.57 Å². The van der Waals surface area contributed by atoms with Crippen molar-refractivity contribution in [3.8, 4) is 5.75 Å². The molecule has 0 unspecified atom stereocenters. The Morgan fingerprint density at radius 2 is 1.91 bits per heavy atom. The van der Waals surface area contributed by atoms with Crippen molar-refractivity contribution in [3.63, 3.8) is 0 Å². The average molecular weight is 762 g/mol. The fourth-order valence-corrected chi connectivity index (χ4v) is 11.3. The van der Waals surface area contributed by atoms with Crippen molar-refractivity contribution in [2.45, 2.75) is 56.7 Å². The highest BCUT2D eigenvalue weighted by atomic mass is 35.5. The van der Waals surface area contributed by atoms with Crippen molar-refractivity contribution in [2.75, 3.05) is 50.3 Å². The normalized spacial score (nSPS) is 30.5. The maximum Gasteiger partial charge on any atom is 0.285 e. The van der Waals surface area contributed by atoms with Crippen LogP contribution < -0.4 is 9.64 Å². The molecule has 7 rings (SSSR count). The highest BCUT2D eigenvalue weighted by Gasteiger charge is 2.44. The predicted molar refractivity (Wildman–Crippen MR) is 206 cm³/mol. The van der Waals surface area contributed by atoms with Gasteiger partial charge < -0.3 is 23.7 Å². The largest absolute Gasteiger partial charge is 0.490 e. The number of rotatable bonds is 6. The first-order valence-electron chi connectivity index (χ1n) is 18.4. The Morgan fingerprint density at radius 3 is 2.62 bits per heavy atom. The van der Waals surface area contributed by atoms with E-state index in [2.05, 4.69) is 21.4 Å². The number of aldehydes is 1. The zero-order chi connectivity index (χ0) is 37.5. The van der Waals surface area contributed by atoms with Gasteiger partial charge in [-0.1, -0.05) is 36.7 Å². The fourth-order valence-electron chi connectivity index (χ4n) is 8.88. The molecule has 7 atom stereocenters. The van der Waals surface area contributed by atoms with E-state index >= 15 is 0 Å². The molecule has 1 fully saturated rings. The summed E-state index contributed by atoms with van der Waals surface area (Å²) in [5, 5.41) is 0.726. The Hall–Kier alpha value is -3.77. The molecule has 2 aliphatic heterocycles. The summed E-state index contributed by atoms with van der Waals surface area (Å²) in [7, 11) is 1.52. The van der Waals surface area contributed by atoms with E-state index in [0.717, 1.165) is 49.4 Å². The van der Waals surface area contributed by atoms with Gasteiger partial charge in [-0.3, -0.25) is 14.4 Å². The van der Waals surface area contributed by atoms with Gasteiger partial charge in [0.1, 0.15) is 5.75 Å². The number of benzene rings is 2. The van der Waals surface area contributed by atoms with E-state index in [1.54, 1.807) is 27.3 Å². The fraction of sp³-hybridized carbons (Fsp3) is 0.488. The Kier molecular flexibility index (Phi) is 10.7. The van der Waals surface area contributed by atoms with Crippen LogP contribution in [0.25, 0.3) is 0 Å². The number of anilines is 1. The van der Waals surface area contributed by atoms with E-state index in [0.29, 0.717) is 36.8 Å². The molecular weight excluding hydrogens is 714 g/mol. The van der Waals surface area contributed by atoms with Crippen molar-refractivity contribution in [3.05, 3.63) is 93.8 Å². The molecule has 0 N–H and O–H groups in total. The summed E-state index contributed by atoms with van der Waals surface area (Å²) in [6.45, 7) is 3.80. The quantitative estimate of drug-likeness (QED) is 0.155. The van der Waals surface area contributed by atoms with Crippen molar-refractivity contribution in [2.24, 2.45) is 29.2 Å². The molecule has 3 aromatic rings. The van der Waals surface area contributed by atoms with Gasteiger partial charge in [0.2, 0.25) is 0 Å². The van der Waals surface area contributed by atoms with Gasteiger partial charge in [0.05, 0.1) is 45.7 Å². The predicted octanol–water partition coefficient (Wildman–Crippen LogP) is 6.72. The minimum Gasteiger partial charge on any atom is -0.490 e. The van der Waals surface area contributed by atoms with E-state index < -0.39 is 33.3 Å². The number of hydrogen-bond donors (Lipinski definition) is 0. The molecule has 1 aromatic heterocycles. The molecule has 10 nitrogen and oxygen atoms in total. The van der Waals surface area contributed by atoms with Crippen LogP contribution in [0.3, 0.4) is 0 Å². The van der Waals surface area contributed by atoms with Crippen LogP contribution in [0, 0.1) is 17.8 Å². The van der Waals surface area contributed by atoms with Gasteiger partial charge in [-0.25, -0.2) is 4.21 Å². The first kappa shape index (κ1) is 37.5. The van der Waals surface area contributed by atoms with Crippen LogP contribution >= 0.6 is 11.6 Å². The topological polar surface area (TPSA) is 116 Å². The minimum atomic E-state index is -3.47. The smallest absolute Gasteiger partial charge is 0.285 e. The molecule has 282 valence electrons. The second-order valence-corrected chi connectivity index (χ2v) is 18.1. The Balaban J connectivity index is 1.32. The Labute approximate surface area is 317 Å². The minimum absolute atomic E-state index is 0.0590. The number of amides is 1. The van der Waals surface area contributed by atoms with Crippen LogP contribution in [0.15, 0.2) is 65.2 Å². The average Bonchev–Trinajstić information content (AvgIpc) is 3.44. The number of fused-ring (bicyclic) bond motifs is 4. The van der Waals surface area contributed by atoms with Gasteiger partial charge in [0.15, 0.2) is 12.1 Å². The number of carbonyl (C=O) groups excluding carboxylic acids is 3. The molecule has 12 heteroatoms. The lowest BCUT2D eigenvalue weighted by Crippen LogP contribution is -2.49. The SMILES string of the molecule is CO[C@H]1/C=C/[C@H](OC)[C@H](C)C[S@@](=O)(CC(=O)c2cc(C=O)n(C)c2)=NC(=O)c2ccc3c(c2)N(C[C@@H]2CC[C@H]21)C[C@@]1(CCCc2cc(Cl)ccc21)CO3. The second-order valence-electron chi connectivity index (χ2n) is 15.3. The van der Waals surface area contributed by atoms with Crippen LogP contribution in [0.2, 0.25) is 5.02 Å². The highest BCUT2D eigenvalue weighted by Crippen LogP contribution is 2.47. The Bertz CT molecular complexity index is 2070. The van der Waals surface area contributed by atoms with Crippen molar-refractivity contribution >= 4 is 45.0 Å². The number of ether oxygens (including phenoxy) is 3. The third kappa shape index (κ3) is 7.50. The highest BCUT2D eigenvalue weighted by molar-refractivity contribution is 7.94. The number of Topliss-reactive ketones (excluding diaryl/α,β-unsaturated/α-hetero) is 1. The van der Waals surface area contributed by atoms with Crippen molar-refractivity contribution in [1.29, 1.82) is 0 Å². The summed E-state index contributed by atoms with van der Waals surface area (Å²) < 4.78 is 39.4. The number of aryl methyl sites for hydroxylation is 2. The summed E-state index contributed by atoms with van der Waals surface area (Å²) in [5.74, 6) is -0.745. The van der Waals surface area contributed by atoms with Crippen LogP contribution in [0.1, 0.15) is 74.9 Å². The maximum atomic E-state index is 14.8. The molecule has 2 aliphatic carbocycles. The summed E-state index contributed by atoms with van der Waals surface area (Å²) >= 11 is 6.46. The van der Waals surface area contributed by atoms with Gasteiger partial charge in [-0.05, 0) is 97.4 Å². The van der Waals surface area contributed by atoms with Gasteiger partial charge in [-0.2, -0.15) is 4.36 Å². The zero-order valence-corrected chi connectivity index (χ0v) is 32.4. The van der Waals surface area contributed by atoms with E-state index in [9.17, 15) is 18.6 Å². The Morgan fingerprint density at radius 1 is 1.11 bits per heavy atom. The van der Waals surface area contributed by atoms with E-state index in [-0.39, 0.29) is 40.2 Å². The summed E-state index contributed by atoms with van der Waals surface area (Å²) in [5.41, 5.74) is 3.83. The van der Waals surface area contributed by atoms with E-state index in [1.165, 1.54) is 28.0 Å². The number of nitrogens with zero attached hydrogens (tertiary/aromatic N) is 3. The van der Waals surface area contributed by atoms with Gasteiger partial charge >= 0.3 is 0 Å². The standard InChI is InChI=1S/C41H48ClN3O7S/c1-26-22-53(49,23-36(47)30-17-32(21-46)44(2)19-30)43-40(48)28-8-12-39-35(18-28)45(20-29-7-10-33(29)38(51-4)14-13-37(26)50-3)24-41(25-52-39)15-5-6-27-16-31(42)9-11-34(27)41/h8-9,11-14,16-19,21,26,29,33,37-38H,5-7,10,15,20,22-25H2,1-4H3/b14-13+/t26-,29+,33-,37+,38+,41+,53-/m1/s1. The number of halogens is 1. The molecule has 53 heavy (non-hydrogen) atoms.